The Morgan fingerprint density at radius 1 is 1.29 bits per heavy atom. The molecule has 1 aliphatic heterocycles. The third-order valence-corrected chi connectivity index (χ3v) is 3.79. The van der Waals surface area contributed by atoms with E-state index in [4.69, 9.17) is 5.73 Å². The number of nitrogens with zero attached hydrogens (tertiary/aromatic N) is 3. The van der Waals surface area contributed by atoms with Gasteiger partial charge in [-0.15, -0.1) is 46.3 Å². The van der Waals surface area contributed by atoms with Gasteiger partial charge in [0.25, 0.3) is 0 Å². The summed E-state index contributed by atoms with van der Waals surface area (Å²) in [5, 5.41) is 10.4. The van der Waals surface area contributed by atoms with Crippen LogP contribution in [0.3, 0.4) is 0 Å². The molecule has 100 valence electrons. The molecule has 1 fully saturated rings. The second kappa shape index (κ2) is 8.21. The average Bonchev–Trinajstić information content (AvgIpc) is 2.65. The van der Waals surface area contributed by atoms with Gasteiger partial charge in [0.05, 0.1) is 6.54 Å². The van der Waals surface area contributed by atoms with Crippen molar-refractivity contribution in [3.63, 3.8) is 0 Å². The van der Waals surface area contributed by atoms with Crippen LogP contribution in [-0.4, -0.2) is 34.7 Å². The smallest absolute Gasteiger partial charge is 0.131 e. The number of aryl methyl sites for hydroxylation is 1. The first-order chi connectivity index (χ1) is 7.28. The predicted molar refractivity (Wildman–Crippen MR) is 76.2 cm³/mol. The van der Waals surface area contributed by atoms with Crippen molar-refractivity contribution in [1.82, 2.24) is 15.1 Å². The van der Waals surface area contributed by atoms with Gasteiger partial charge in [0.1, 0.15) is 10.0 Å². The van der Waals surface area contributed by atoms with E-state index in [0.717, 1.165) is 42.1 Å². The van der Waals surface area contributed by atoms with Crippen molar-refractivity contribution in [2.24, 2.45) is 11.7 Å². The zero-order valence-electron chi connectivity index (χ0n) is 9.96. The third kappa shape index (κ3) is 5.06. The third-order valence-electron chi connectivity index (χ3n) is 2.97. The van der Waals surface area contributed by atoms with E-state index in [1.54, 1.807) is 11.3 Å². The van der Waals surface area contributed by atoms with Crippen molar-refractivity contribution in [2.75, 3.05) is 19.6 Å². The molecule has 0 unspecified atom stereocenters. The van der Waals surface area contributed by atoms with E-state index < -0.39 is 0 Å². The van der Waals surface area contributed by atoms with E-state index in [9.17, 15) is 0 Å². The lowest BCUT2D eigenvalue weighted by Gasteiger charge is -2.30. The Hall–Kier alpha value is 0.0600. The summed E-state index contributed by atoms with van der Waals surface area (Å²) in [4.78, 5) is 2.45. The van der Waals surface area contributed by atoms with Crippen molar-refractivity contribution < 1.29 is 0 Å². The lowest BCUT2D eigenvalue weighted by molar-refractivity contribution is 0.180. The van der Waals surface area contributed by atoms with Crippen molar-refractivity contribution in [2.45, 2.75) is 26.3 Å². The second-order valence-corrected chi connectivity index (χ2v) is 5.44. The van der Waals surface area contributed by atoms with E-state index >= 15 is 0 Å². The molecule has 1 aromatic heterocycles. The monoisotopic (exact) mass is 298 g/mol. The van der Waals surface area contributed by atoms with Gasteiger partial charge < -0.3 is 5.73 Å². The highest BCUT2D eigenvalue weighted by molar-refractivity contribution is 7.11. The first kappa shape index (κ1) is 17.1. The minimum absolute atomic E-state index is 0. The summed E-state index contributed by atoms with van der Waals surface area (Å²) in [6, 6.07) is 0. The molecule has 4 nitrogen and oxygen atoms in total. The molecular weight excluding hydrogens is 279 g/mol. The van der Waals surface area contributed by atoms with Gasteiger partial charge >= 0.3 is 0 Å². The summed E-state index contributed by atoms with van der Waals surface area (Å²) < 4.78 is 0. The van der Waals surface area contributed by atoms with Gasteiger partial charge in [0.2, 0.25) is 0 Å². The highest BCUT2D eigenvalue weighted by atomic mass is 35.5. The van der Waals surface area contributed by atoms with Crippen LogP contribution in [0.4, 0.5) is 0 Å². The number of hydrogen-bond donors (Lipinski definition) is 1. The van der Waals surface area contributed by atoms with Crippen molar-refractivity contribution in [3.05, 3.63) is 10.0 Å². The molecule has 2 rings (SSSR count). The molecule has 0 aliphatic carbocycles. The largest absolute Gasteiger partial charge is 0.330 e. The highest BCUT2D eigenvalue weighted by Crippen LogP contribution is 2.19. The zero-order valence-corrected chi connectivity index (χ0v) is 12.4. The fourth-order valence-electron chi connectivity index (χ4n) is 1.97. The van der Waals surface area contributed by atoms with E-state index in [0.29, 0.717) is 0 Å². The summed E-state index contributed by atoms with van der Waals surface area (Å²) >= 11 is 1.70. The van der Waals surface area contributed by atoms with Gasteiger partial charge in [0.15, 0.2) is 0 Å². The van der Waals surface area contributed by atoms with Gasteiger partial charge in [-0.3, -0.25) is 4.90 Å². The SMILES string of the molecule is Cc1nnc(CN2CCC(CN)CC2)s1.Cl.Cl. The van der Waals surface area contributed by atoms with Crippen molar-refractivity contribution in [1.29, 1.82) is 0 Å². The molecule has 17 heavy (non-hydrogen) atoms. The van der Waals surface area contributed by atoms with E-state index in [2.05, 4.69) is 15.1 Å². The zero-order chi connectivity index (χ0) is 10.7. The highest BCUT2D eigenvalue weighted by Gasteiger charge is 2.18. The number of hydrogen-bond acceptors (Lipinski definition) is 5. The molecule has 0 bridgehead atoms. The lowest BCUT2D eigenvalue weighted by atomic mass is 9.97. The van der Waals surface area contributed by atoms with Gasteiger partial charge in [-0.2, -0.15) is 0 Å². The minimum Gasteiger partial charge on any atom is -0.330 e. The Kier molecular flexibility index (Phi) is 8.24. The normalized spacial score (nSPS) is 17.3. The molecule has 1 aliphatic rings. The average molecular weight is 299 g/mol. The number of halogens is 2. The topological polar surface area (TPSA) is 55.0 Å². The van der Waals surface area contributed by atoms with E-state index in [1.807, 2.05) is 6.92 Å². The first-order valence-electron chi connectivity index (χ1n) is 5.49. The molecule has 0 aromatic carbocycles. The van der Waals surface area contributed by atoms with Crippen molar-refractivity contribution >= 4 is 36.2 Å². The Morgan fingerprint density at radius 3 is 2.41 bits per heavy atom. The van der Waals surface area contributed by atoms with Gasteiger partial charge in [-0.25, -0.2) is 0 Å². The molecule has 2 N–H and O–H groups in total. The molecule has 0 spiro atoms. The maximum atomic E-state index is 5.67. The number of piperidine rings is 1. The molecule has 1 aromatic rings. The molecule has 0 saturated carbocycles. The maximum Gasteiger partial charge on any atom is 0.131 e. The van der Waals surface area contributed by atoms with Crippen LogP contribution in [0.2, 0.25) is 0 Å². The molecule has 7 heteroatoms. The maximum absolute atomic E-state index is 5.67. The number of likely N-dealkylation sites (tertiary alicyclic amines) is 1. The second-order valence-electron chi connectivity index (χ2n) is 4.17. The van der Waals surface area contributed by atoms with Crippen LogP contribution in [-0.2, 0) is 6.54 Å². The molecule has 0 atom stereocenters. The lowest BCUT2D eigenvalue weighted by Crippen LogP contribution is -2.35. The molecule has 0 radical (unpaired) electrons. The molecule has 2 heterocycles. The summed E-state index contributed by atoms with van der Waals surface area (Å²) in [6.07, 6.45) is 2.46. The van der Waals surface area contributed by atoms with Crippen molar-refractivity contribution in [3.8, 4) is 0 Å². The quantitative estimate of drug-likeness (QED) is 0.925. The first-order valence-corrected chi connectivity index (χ1v) is 6.31. The van der Waals surface area contributed by atoms with Crippen LogP contribution >= 0.6 is 36.2 Å². The van der Waals surface area contributed by atoms with Crippen LogP contribution < -0.4 is 5.73 Å². The summed E-state index contributed by atoms with van der Waals surface area (Å²) in [7, 11) is 0. The van der Waals surface area contributed by atoms with Gasteiger partial charge in [-0.05, 0) is 45.3 Å². The van der Waals surface area contributed by atoms with Gasteiger partial charge in [0, 0.05) is 0 Å². The fourth-order valence-corrected chi connectivity index (χ4v) is 2.72. The Morgan fingerprint density at radius 2 is 1.94 bits per heavy atom. The van der Waals surface area contributed by atoms with Crippen LogP contribution in [0.25, 0.3) is 0 Å². The van der Waals surface area contributed by atoms with E-state index in [-0.39, 0.29) is 24.8 Å². The standard InChI is InChI=1S/C10H18N4S.2ClH/c1-8-12-13-10(15-8)7-14-4-2-9(6-11)3-5-14;;/h9H,2-7,11H2,1H3;2*1H. The van der Waals surface area contributed by atoms with Crippen LogP contribution in [0.5, 0.6) is 0 Å². The van der Waals surface area contributed by atoms with E-state index in [1.165, 1.54) is 12.8 Å². The fraction of sp³-hybridized carbons (Fsp3) is 0.800. The number of aromatic nitrogens is 2. The number of rotatable bonds is 3. The summed E-state index contributed by atoms with van der Waals surface area (Å²) in [5.41, 5.74) is 5.67. The van der Waals surface area contributed by atoms with Crippen LogP contribution in [0.1, 0.15) is 22.9 Å². The summed E-state index contributed by atoms with van der Waals surface area (Å²) in [5.74, 6) is 0.734. The Balaban J connectivity index is 0.00000128. The molecular formula is C10H20Cl2N4S. The van der Waals surface area contributed by atoms with Gasteiger partial charge in [-0.1, -0.05) is 0 Å². The minimum atomic E-state index is 0. The van der Waals surface area contributed by atoms with Crippen LogP contribution in [0, 0.1) is 12.8 Å². The summed E-state index contributed by atoms with van der Waals surface area (Å²) in [6.45, 7) is 6.11. The van der Waals surface area contributed by atoms with Crippen LogP contribution in [0.15, 0.2) is 0 Å². The Labute approximate surface area is 119 Å². The Bertz CT molecular complexity index is 313. The predicted octanol–water partition coefficient (Wildman–Crippen LogP) is 1.86. The molecule has 0 amide bonds. The molecule has 1 saturated heterocycles. The number of nitrogens with two attached hydrogens (primary N) is 1.